The van der Waals surface area contributed by atoms with Crippen molar-refractivity contribution in [3.63, 3.8) is 0 Å². The Bertz CT molecular complexity index is 613. The lowest BCUT2D eigenvalue weighted by Gasteiger charge is -2.56. The van der Waals surface area contributed by atoms with Crippen molar-refractivity contribution in [1.29, 1.82) is 0 Å². The van der Waals surface area contributed by atoms with Crippen LogP contribution >= 0.6 is 0 Å². The van der Waals surface area contributed by atoms with Gasteiger partial charge in [-0.2, -0.15) is 0 Å². The van der Waals surface area contributed by atoms with Crippen molar-refractivity contribution in [1.82, 2.24) is 0 Å². The van der Waals surface area contributed by atoms with Crippen molar-refractivity contribution in [3.05, 3.63) is 23.8 Å². The molecule has 0 unspecified atom stereocenters. The first kappa shape index (κ1) is 14.4. The van der Waals surface area contributed by atoms with E-state index in [4.69, 9.17) is 0 Å². The fraction of sp³-hybridized carbons (Fsp3) is 0.700. The second-order valence-electron chi connectivity index (χ2n) is 8.52. The van der Waals surface area contributed by atoms with Gasteiger partial charge in [-0.15, -0.1) is 0 Å². The molecule has 0 aromatic carbocycles. The molecule has 0 bridgehead atoms. The molecule has 118 valence electrons. The normalized spacial score (nSPS) is 50.2. The maximum atomic E-state index is 12.4. The number of allylic oxidation sites excluding steroid dienone is 4. The van der Waals surface area contributed by atoms with Crippen LogP contribution in [0.25, 0.3) is 0 Å². The molecule has 22 heavy (non-hydrogen) atoms. The third-order valence-electron chi connectivity index (χ3n) is 7.78. The quantitative estimate of drug-likeness (QED) is 0.674. The average molecular weight is 298 g/mol. The molecule has 2 heteroatoms. The van der Waals surface area contributed by atoms with Gasteiger partial charge in [-0.25, -0.2) is 0 Å². The second-order valence-corrected chi connectivity index (χ2v) is 8.52. The zero-order chi connectivity index (χ0) is 15.7. The van der Waals surface area contributed by atoms with E-state index < -0.39 is 0 Å². The van der Waals surface area contributed by atoms with Crippen molar-refractivity contribution in [2.24, 2.45) is 34.5 Å². The van der Waals surface area contributed by atoms with Gasteiger partial charge in [-0.3, -0.25) is 9.59 Å². The minimum absolute atomic E-state index is 0.0865. The molecule has 0 amide bonds. The topological polar surface area (TPSA) is 34.1 Å². The molecule has 0 saturated heterocycles. The highest BCUT2D eigenvalue weighted by Crippen LogP contribution is 2.63. The molecule has 0 aromatic rings. The van der Waals surface area contributed by atoms with Gasteiger partial charge in [0.15, 0.2) is 5.78 Å². The first-order chi connectivity index (χ1) is 10.4. The standard InChI is InChI=1S/C20H26O2/c1-12-10-14(21)11-13-4-5-15-16-6-7-18(22)19(16,2)9-8-17(15)20(12,13)3/h4-5,11-12,15-17H,6-10H2,1-3H3/t12-,15-,16-,17-,19-,20-/m0/s1. The van der Waals surface area contributed by atoms with Gasteiger partial charge >= 0.3 is 0 Å². The molecule has 0 radical (unpaired) electrons. The van der Waals surface area contributed by atoms with Crippen molar-refractivity contribution < 1.29 is 9.59 Å². The molecule has 4 aliphatic carbocycles. The lowest BCUT2D eigenvalue weighted by molar-refractivity contribution is -0.131. The number of hydrogen-bond acceptors (Lipinski definition) is 2. The van der Waals surface area contributed by atoms with Gasteiger partial charge in [-0.05, 0) is 60.0 Å². The van der Waals surface area contributed by atoms with Crippen LogP contribution in [0.1, 0.15) is 52.9 Å². The number of carbonyl (C=O) groups is 2. The van der Waals surface area contributed by atoms with Crippen molar-refractivity contribution in [3.8, 4) is 0 Å². The van der Waals surface area contributed by atoms with E-state index in [1.54, 1.807) is 0 Å². The van der Waals surface area contributed by atoms with Crippen molar-refractivity contribution >= 4 is 11.6 Å². The lowest BCUT2D eigenvalue weighted by Crippen LogP contribution is -2.51. The Morgan fingerprint density at radius 3 is 2.68 bits per heavy atom. The van der Waals surface area contributed by atoms with Crippen LogP contribution in [-0.4, -0.2) is 11.6 Å². The molecule has 0 spiro atoms. The monoisotopic (exact) mass is 298 g/mol. The summed E-state index contributed by atoms with van der Waals surface area (Å²) < 4.78 is 0. The van der Waals surface area contributed by atoms with Gasteiger partial charge in [0.25, 0.3) is 0 Å². The fourth-order valence-electron chi connectivity index (χ4n) is 6.14. The van der Waals surface area contributed by atoms with Crippen LogP contribution in [0, 0.1) is 34.5 Å². The number of Topliss-reactive ketones (excluding diaryl/α,β-unsaturated/α-hetero) is 1. The molecule has 0 aromatic heterocycles. The molecule has 2 fully saturated rings. The number of hydrogen-bond donors (Lipinski definition) is 0. The van der Waals surface area contributed by atoms with Crippen LogP contribution in [-0.2, 0) is 9.59 Å². The zero-order valence-corrected chi connectivity index (χ0v) is 13.9. The third-order valence-corrected chi connectivity index (χ3v) is 7.78. The molecule has 6 atom stereocenters. The second kappa shape index (κ2) is 4.43. The molecule has 2 nitrogen and oxygen atoms in total. The van der Waals surface area contributed by atoms with Crippen molar-refractivity contribution in [2.45, 2.75) is 52.9 Å². The summed E-state index contributed by atoms with van der Waals surface area (Å²) in [7, 11) is 0. The minimum atomic E-state index is -0.0865. The van der Waals surface area contributed by atoms with Crippen LogP contribution in [0.3, 0.4) is 0 Å². The third kappa shape index (κ3) is 1.62. The van der Waals surface area contributed by atoms with E-state index in [1.165, 1.54) is 5.57 Å². The SMILES string of the molecule is C[C@H]1CC(=O)C=C2C=C[C@@H]3[C@H](CC[C@]4(C)C(=O)CC[C@@H]34)[C@]21C. The summed E-state index contributed by atoms with van der Waals surface area (Å²) in [6.45, 7) is 6.82. The summed E-state index contributed by atoms with van der Waals surface area (Å²) in [6, 6.07) is 0. The highest BCUT2D eigenvalue weighted by Gasteiger charge is 2.59. The van der Waals surface area contributed by atoms with E-state index in [9.17, 15) is 9.59 Å². The van der Waals surface area contributed by atoms with E-state index in [0.717, 1.165) is 25.7 Å². The molecule has 0 N–H and O–H groups in total. The average Bonchev–Trinajstić information content (AvgIpc) is 2.77. The predicted molar refractivity (Wildman–Crippen MR) is 86.2 cm³/mol. The van der Waals surface area contributed by atoms with Crippen molar-refractivity contribution in [2.75, 3.05) is 0 Å². The Morgan fingerprint density at radius 1 is 1.14 bits per heavy atom. The molecular formula is C20H26O2. The molecule has 4 rings (SSSR count). The Hall–Kier alpha value is -1.18. The summed E-state index contributed by atoms with van der Waals surface area (Å²) in [5, 5.41) is 0. The minimum Gasteiger partial charge on any atom is -0.299 e. The van der Waals surface area contributed by atoms with E-state index in [2.05, 4.69) is 32.9 Å². The molecular weight excluding hydrogens is 272 g/mol. The van der Waals surface area contributed by atoms with Gasteiger partial charge in [0, 0.05) is 18.3 Å². The first-order valence-electron chi connectivity index (χ1n) is 8.84. The summed E-state index contributed by atoms with van der Waals surface area (Å²) in [4.78, 5) is 24.3. The smallest absolute Gasteiger partial charge is 0.156 e. The Morgan fingerprint density at radius 2 is 1.91 bits per heavy atom. The van der Waals surface area contributed by atoms with Crippen LogP contribution < -0.4 is 0 Å². The number of fused-ring (bicyclic) bond motifs is 5. The first-order valence-corrected chi connectivity index (χ1v) is 8.84. The molecule has 2 saturated carbocycles. The zero-order valence-electron chi connectivity index (χ0n) is 13.9. The Kier molecular flexibility index (Phi) is 2.90. The van der Waals surface area contributed by atoms with E-state index in [-0.39, 0.29) is 16.6 Å². The number of carbonyl (C=O) groups excluding carboxylic acids is 2. The highest BCUT2D eigenvalue weighted by molar-refractivity contribution is 5.92. The number of rotatable bonds is 0. The maximum absolute atomic E-state index is 12.4. The Balaban J connectivity index is 1.79. The molecule has 0 heterocycles. The summed E-state index contributed by atoms with van der Waals surface area (Å²) in [5.74, 6) is 2.79. The largest absolute Gasteiger partial charge is 0.299 e. The lowest BCUT2D eigenvalue weighted by atomic mass is 9.47. The summed E-state index contributed by atoms with van der Waals surface area (Å²) >= 11 is 0. The number of ketones is 2. The van der Waals surface area contributed by atoms with Gasteiger partial charge < -0.3 is 0 Å². The van der Waals surface area contributed by atoms with E-state index in [0.29, 0.717) is 35.9 Å². The Labute approximate surface area is 133 Å². The van der Waals surface area contributed by atoms with Crippen LogP contribution in [0.15, 0.2) is 23.8 Å². The molecule has 4 aliphatic rings. The highest BCUT2D eigenvalue weighted by atomic mass is 16.1. The van der Waals surface area contributed by atoms with Crippen LogP contribution in [0.4, 0.5) is 0 Å². The van der Waals surface area contributed by atoms with Crippen LogP contribution in [0.5, 0.6) is 0 Å². The van der Waals surface area contributed by atoms with Gasteiger partial charge in [0.2, 0.25) is 0 Å². The summed E-state index contributed by atoms with van der Waals surface area (Å²) in [5.41, 5.74) is 1.27. The maximum Gasteiger partial charge on any atom is 0.156 e. The van der Waals surface area contributed by atoms with Gasteiger partial charge in [0.05, 0.1) is 0 Å². The van der Waals surface area contributed by atoms with E-state index in [1.807, 2.05) is 6.08 Å². The van der Waals surface area contributed by atoms with Gasteiger partial charge in [-0.1, -0.05) is 32.9 Å². The van der Waals surface area contributed by atoms with Gasteiger partial charge in [0.1, 0.15) is 5.78 Å². The fourth-order valence-corrected chi connectivity index (χ4v) is 6.14. The molecule has 0 aliphatic heterocycles. The van der Waals surface area contributed by atoms with E-state index >= 15 is 0 Å². The summed E-state index contributed by atoms with van der Waals surface area (Å²) in [6.07, 6.45) is 11.1. The predicted octanol–water partition coefficient (Wildman–Crippen LogP) is 4.11. The van der Waals surface area contributed by atoms with Crippen LogP contribution in [0.2, 0.25) is 0 Å².